The smallest absolute Gasteiger partial charge is 0.256 e. The molecule has 0 saturated heterocycles. The predicted molar refractivity (Wildman–Crippen MR) is 84.7 cm³/mol. The van der Waals surface area contributed by atoms with E-state index in [2.05, 4.69) is 31.4 Å². The van der Waals surface area contributed by atoms with Gasteiger partial charge in [-0.1, -0.05) is 12.1 Å². The molecule has 0 radical (unpaired) electrons. The van der Waals surface area contributed by atoms with Gasteiger partial charge in [0.05, 0.1) is 17.1 Å². The lowest BCUT2D eigenvalue weighted by atomic mass is 10.2. The monoisotopic (exact) mass is 345 g/mol. The van der Waals surface area contributed by atoms with E-state index in [1.54, 1.807) is 25.3 Å². The van der Waals surface area contributed by atoms with Crippen molar-refractivity contribution in [3.8, 4) is 5.75 Å². The summed E-state index contributed by atoms with van der Waals surface area (Å²) in [5.41, 5.74) is 1.40. The summed E-state index contributed by atoms with van der Waals surface area (Å²) in [6.45, 7) is 0. The summed E-state index contributed by atoms with van der Waals surface area (Å²) in [6, 6.07) is 12.8. The zero-order valence-electron chi connectivity index (χ0n) is 11.2. The highest BCUT2D eigenvalue weighted by atomic mass is 79.9. The van der Waals surface area contributed by atoms with Crippen LogP contribution in [0.4, 0.5) is 5.82 Å². The van der Waals surface area contributed by atoms with Crippen LogP contribution in [0.25, 0.3) is 10.9 Å². The molecule has 2 aromatic carbocycles. The van der Waals surface area contributed by atoms with Crippen molar-refractivity contribution < 1.29 is 9.53 Å². The maximum Gasteiger partial charge on any atom is 0.256 e. The molecule has 0 aliphatic rings. The molecule has 3 rings (SSSR count). The molecule has 0 aliphatic carbocycles. The van der Waals surface area contributed by atoms with Crippen LogP contribution in [0.5, 0.6) is 5.75 Å². The Labute approximate surface area is 129 Å². The maximum atomic E-state index is 12.3. The SMILES string of the molecule is COc1ccc(C(=O)Nc2n[nH]c3ccccc23)cc1Br. The van der Waals surface area contributed by atoms with Gasteiger partial charge in [0.25, 0.3) is 5.91 Å². The maximum absolute atomic E-state index is 12.3. The van der Waals surface area contributed by atoms with Crippen LogP contribution in [0, 0.1) is 0 Å². The van der Waals surface area contributed by atoms with Crippen LogP contribution in [-0.4, -0.2) is 23.2 Å². The summed E-state index contributed by atoms with van der Waals surface area (Å²) in [5, 5.41) is 10.7. The molecule has 1 amide bonds. The lowest BCUT2D eigenvalue weighted by molar-refractivity contribution is 0.102. The molecular formula is C15H12BrN3O2. The van der Waals surface area contributed by atoms with Crippen molar-refractivity contribution >= 4 is 38.6 Å². The number of amides is 1. The number of hydrogen-bond acceptors (Lipinski definition) is 3. The molecular weight excluding hydrogens is 334 g/mol. The number of aromatic nitrogens is 2. The van der Waals surface area contributed by atoms with Gasteiger partial charge in [-0.05, 0) is 46.3 Å². The van der Waals surface area contributed by atoms with E-state index in [4.69, 9.17) is 4.74 Å². The topological polar surface area (TPSA) is 67.0 Å². The van der Waals surface area contributed by atoms with Gasteiger partial charge in [0.2, 0.25) is 0 Å². The Bertz CT molecular complexity index is 814. The number of rotatable bonds is 3. The summed E-state index contributed by atoms with van der Waals surface area (Å²) in [7, 11) is 1.58. The Hall–Kier alpha value is -2.34. The van der Waals surface area contributed by atoms with Crippen molar-refractivity contribution in [1.82, 2.24) is 10.2 Å². The molecule has 1 aromatic heterocycles. The standard InChI is InChI=1S/C15H12BrN3O2/c1-21-13-7-6-9(8-11(13)16)15(20)17-14-10-4-2-3-5-12(10)18-19-14/h2-8H,1H3,(H2,17,18,19,20). The molecule has 0 aliphatic heterocycles. The average Bonchev–Trinajstić information content (AvgIpc) is 2.90. The second-order valence-corrected chi connectivity index (χ2v) is 5.28. The summed E-state index contributed by atoms with van der Waals surface area (Å²) in [6.07, 6.45) is 0. The first-order chi connectivity index (χ1) is 10.2. The van der Waals surface area contributed by atoms with Crippen LogP contribution in [0.2, 0.25) is 0 Å². The molecule has 0 fully saturated rings. The third-order valence-corrected chi connectivity index (χ3v) is 3.74. The summed E-state index contributed by atoms with van der Waals surface area (Å²) in [5.74, 6) is 0.968. The van der Waals surface area contributed by atoms with E-state index in [0.29, 0.717) is 17.1 Å². The molecule has 6 heteroatoms. The number of para-hydroxylation sites is 1. The number of ether oxygens (including phenoxy) is 1. The van der Waals surface area contributed by atoms with Crippen molar-refractivity contribution in [2.75, 3.05) is 12.4 Å². The number of fused-ring (bicyclic) bond motifs is 1. The van der Waals surface area contributed by atoms with Crippen LogP contribution >= 0.6 is 15.9 Å². The number of H-pyrrole nitrogens is 1. The van der Waals surface area contributed by atoms with Gasteiger partial charge in [0.1, 0.15) is 5.75 Å². The van der Waals surface area contributed by atoms with Gasteiger partial charge < -0.3 is 10.1 Å². The number of halogens is 1. The fraction of sp³-hybridized carbons (Fsp3) is 0.0667. The van der Waals surface area contributed by atoms with Gasteiger partial charge in [-0.3, -0.25) is 9.89 Å². The number of aromatic amines is 1. The van der Waals surface area contributed by atoms with E-state index in [0.717, 1.165) is 15.4 Å². The van der Waals surface area contributed by atoms with Crippen molar-refractivity contribution in [2.24, 2.45) is 0 Å². The Morgan fingerprint density at radius 1 is 1.29 bits per heavy atom. The minimum Gasteiger partial charge on any atom is -0.496 e. The van der Waals surface area contributed by atoms with Gasteiger partial charge in [-0.25, -0.2) is 0 Å². The largest absolute Gasteiger partial charge is 0.496 e. The average molecular weight is 346 g/mol. The van der Waals surface area contributed by atoms with Crippen LogP contribution in [0.1, 0.15) is 10.4 Å². The van der Waals surface area contributed by atoms with E-state index >= 15 is 0 Å². The Morgan fingerprint density at radius 2 is 2.10 bits per heavy atom. The van der Waals surface area contributed by atoms with Crippen molar-refractivity contribution in [3.63, 3.8) is 0 Å². The molecule has 21 heavy (non-hydrogen) atoms. The fourth-order valence-corrected chi connectivity index (χ4v) is 2.59. The number of nitrogens with one attached hydrogen (secondary N) is 2. The number of benzene rings is 2. The van der Waals surface area contributed by atoms with E-state index in [1.807, 2.05) is 24.3 Å². The molecule has 0 unspecified atom stereocenters. The number of methoxy groups -OCH3 is 1. The zero-order valence-corrected chi connectivity index (χ0v) is 12.8. The van der Waals surface area contributed by atoms with Gasteiger partial charge in [0, 0.05) is 10.9 Å². The molecule has 3 aromatic rings. The van der Waals surface area contributed by atoms with Crippen LogP contribution in [0.3, 0.4) is 0 Å². The first-order valence-electron chi connectivity index (χ1n) is 6.27. The molecule has 2 N–H and O–H groups in total. The number of hydrogen-bond donors (Lipinski definition) is 2. The molecule has 5 nitrogen and oxygen atoms in total. The number of nitrogens with zero attached hydrogens (tertiary/aromatic N) is 1. The summed E-state index contributed by atoms with van der Waals surface area (Å²) < 4.78 is 5.87. The third-order valence-electron chi connectivity index (χ3n) is 3.12. The van der Waals surface area contributed by atoms with Gasteiger partial charge in [0.15, 0.2) is 5.82 Å². The van der Waals surface area contributed by atoms with Gasteiger partial charge in [-0.2, -0.15) is 5.10 Å². The Morgan fingerprint density at radius 3 is 2.86 bits per heavy atom. The van der Waals surface area contributed by atoms with Crippen molar-refractivity contribution in [3.05, 3.63) is 52.5 Å². The van der Waals surface area contributed by atoms with Crippen molar-refractivity contribution in [1.29, 1.82) is 0 Å². The van der Waals surface area contributed by atoms with Crippen molar-refractivity contribution in [2.45, 2.75) is 0 Å². The van der Waals surface area contributed by atoms with Gasteiger partial charge in [-0.15, -0.1) is 0 Å². The number of anilines is 1. The molecule has 106 valence electrons. The molecule has 0 bridgehead atoms. The molecule has 0 spiro atoms. The van der Waals surface area contributed by atoms with E-state index in [9.17, 15) is 4.79 Å². The minimum atomic E-state index is -0.226. The lowest BCUT2D eigenvalue weighted by Gasteiger charge is -2.06. The zero-order chi connectivity index (χ0) is 14.8. The first kappa shape index (κ1) is 13.6. The minimum absolute atomic E-state index is 0.226. The quantitative estimate of drug-likeness (QED) is 0.762. The van der Waals surface area contributed by atoms with E-state index in [1.165, 1.54) is 0 Å². The highest BCUT2D eigenvalue weighted by Crippen LogP contribution is 2.26. The molecule has 0 saturated carbocycles. The number of carbonyl (C=O) groups is 1. The van der Waals surface area contributed by atoms with Crippen LogP contribution in [-0.2, 0) is 0 Å². The first-order valence-corrected chi connectivity index (χ1v) is 7.06. The van der Waals surface area contributed by atoms with Gasteiger partial charge >= 0.3 is 0 Å². The highest BCUT2D eigenvalue weighted by Gasteiger charge is 2.12. The predicted octanol–water partition coefficient (Wildman–Crippen LogP) is 3.59. The summed E-state index contributed by atoms with van der Waals surface area (Å²) in [4.78, 5) is 12.3. The summed E-state index contributed by atoms with van der Waals surface area (Å²) >= 11 is 3.37. The third kappa shape index (κ3) is 2.62. The molecule has 0 atom stereocenters. The Kier molecular flexibility index (Phi) is 3.62. The van der Waals surface area contributed by atoms with E-state index < -0.39 is 0 Å². The lowest BCUT2D eigenvalue weighted by Crippen LogP contribution is -2.12. The normalized spacial score (nSPS) is 10.6. The fourth-order valence-electron chi connectivity index (χ4n) is 2.05. The second-order valence-electron chi connectivity index (χ2n) is 4.42. The highest BCUT2D eigenvalue weighted by molar-refractivity contribution is 9.10. The second kappa shape index (κ2) is 5.57. The van der Waals surface area contributed by atoms with Crippen LogP contribution < -0.4 is 10.1 Å². The number of carbonyl (C=O) groups excluding carboxylic acids is 1. The van der Waals surface area contributed by atoms with Crippen LogP contribution in [0.15, 0.2) is 46.9 Å². The Balaban J connectivity index is 1.88. The van der Waals surface area contributed by atoms with E-state index in [-0.39, 0.29) is 5.91 Å². The molecule has 1 heterocycles.